The molecule has 2 N–H and O–H groups in total. The third-order valence-electron chi connectivity index (χ3n) is 4.39. The lowest BCUT2D eigenvalue weighted by atomic mass is 10.1. The van der Waals surface area contributed by atoms with E-state index in [2.05, 4.69) is 10.6 Å². The molecule has 1 aliphatic heterocycles. The number of benzene rings is 2. The summed E-state index contributed by atoms with van der Waals surface area (Å²) in [6.07, 6.45) is 0. The molecule has 0 bridgehead atoms. The van der Waals surface area contributed by atoms with E-state index in [1.165, 1.54) is 31.2 Å². The molecule has 0 unspecified atom stereocenters. The van der Waals surface area contributed by atoms with Crippen LogP contribution in [-0.2, 0) is 20.9 Å². The van der Waals surface area contributed by atoms with Gasteiger partial charge in [0.25, 0.3) is 0 Å². The number of imide groups is 1. The predicted molar refractivity (Wildman–Crippen MR) is 106 cm³/mol. The first-order valence-corrected chi connectivity index (χ1v) is 9.19. The molecule has 3 rings (SSSR count). The number of carbonyl (C=O) groups is 5. The predicted octanol–water partition coefficient (Wildman–Crippen LogP) is 1.88. The second-order valence-electron chi connectivity index (χ2n) is 6.71. The van der Waals surface area contributed by atoms with Gasteiger partial charge in [0.1, 0.15) is 5.82 Å². The molecule has 1 fully saturated rings. The van der Waals surface area contributed by atoms with Crippen LogP contribution >= 0.6 is 0 Å². The summed E-state index contributed by atoms with van der Waals surface area (Å²) in [5.41, 5.74) is 0.701. The lowest BCUT2D eigenvalue weighted by Gasteiger charge is -2.12. The summed E-state index contributed by atoms with van der Waals surface area (Å²) >= 11 is 0. The highest BCUT2D eigenvalue weighted by molar-refractivity contribution is 6.02. The van der Waals surface area contributed by atoms with E-state index < -0.39 is 30.2 Å². The van der Waals surface area contributed by atoms with Crippen LogP contribution in [0.1, 0.15) is 33.2 Å². The molecule has 9 nitrogen and oxygen atoms in total. The molecule has 4 amide bonds. The van der Waals surface area contributed by atoms with Crippen molar-refractivity contribution in [3.05, 3.63) is 65.0 Å². The summed E-state index contributed by atoms with van der Waals surface area (Å²) < 4.78 is 19.0. The van der Waals surface area contributed by atoms with E-state index >= 15 is 0 Å². The minimum atomic E-state index is -0.850. The quantitative estimate of drug-likeness (QED) is 0.395. The highest BCUT2D eigenvalue weighted by atomic mass is 19.1. The fraction of sp³-hybridized carbons (Fsp3) is 0.190. The Morgan fingerprint density at radius 1 is 1.13 bits per heavy atom. The number of ether oxygens (including phenoxy) is 1. The number of halogens is 1. The van der Waals surface area contributed by atoms with Gasteiger partial charge in [-0.3, -0.25) is 19.3 Å². The van der Waals surface area contributed by atoms with Gasteiger partial charge in [-0.15, -0.1) is 0 Å². The maximum Gasteiger partial charge on any atom is 0.338 e. The van der Waals surface area contributed by atoms with Crippen molar-refractivity contribution in [3.8, 4) is 0 Å². The standard InChI is InChI=1S/C21H18FN3O6/c1-12(26)24-15-6-7-16(17(22)8-15)18(27)11-31-20(29)14-4-2-13(3-5-14)10-25-19(28)9-23-21(25)30/h2-8H,9-11H2,1H3,(H,23,30)(H,24,26). The fourth-order valence-corrected chi connectivity index (χ4v) is 2.86. The zero-order valence-corrected chi connectivity index (χ0v) is 16.4. The molecule has 0 atom stereocenters. The van der Waals surface area contributed by atoms with Gasteiger partial charge in [0.05, 0.1) is 24.2 Å². The van der Waals surface area contributed by atoms with Crippen molar-refractivity contribution < 1.29 is 33.1 Å². The number of carbonyl (C=O) groups excluding carboxylic acids is 5. The second kappa shape index (κ2) is 9.16. The smallest absolute Gasteiger partial charge is 0.338 e. The van der Waals surface area contributed by atoms with Crippen LogP contribution in [0.25, 0.3) is 0 Å². The Balaban J connectivity index is 1.56. The summed E-state index contributed by atoms with van der Waals surface area (Å²) in [6.45, 7) is 0.616. The topological polar surface area (TPSA) is 122 Å². The molecule has 2 aromatic rings. The van der Waals surface area contributed by atoms with E-state index in [4.69, 9.17) is 4.74 Å². The van der Waals surface area contributed by atoms with Gasteiger partial charge in [0, 0.05) is 12.6 Å². The van der Waals surface area contributed by atoms with Crippen molar-refractivity contribution in [1.82, 2.24) is 10.2 Å². The van der Waals surface area contributed by atoms with Crippen molar-refractivity contribution in [2.24, 2.45) is 0 Å². The van der Waals surface area contributed by atoms with Crippen LogP contribution in [0.2, 0.25) is 0 Å². The van der Waals surface area contributed by atoms with Gasteiger partial charge in [-0.2, -0.15) is 0 Å². The minimum Gasteiger partial charge on any atom is -0.454 e. The second-order valence-corrected chi connectivity index (χ2v) is 6.71. The molecule has 1 saturated heterocycles. The molecule has 0 saturated carbocycles. The SMILES string of the molecule is CC(=O)Nc1ccc(C(=O)COC(=O)c2ccc(CN3C(=O)CNC3=O)cc2)c(F)c1. The molecular weight excluding hydrogens is 409 g/mol. The summed E-state index contributed by atoms with van der Waals surface area (Å²) in [5, 5.41) is 4.81. The summed E-state index contributed by atoms with van der Waals surface area (Å²) in [5.74, 6) is -3.10. The third-order valence-corrected chi connectivity index (χ3v) is 4.39. The number of nitrogens with one attached hydrogen (secondary N) is 2. The van der Waals surface area contributed by atoms with Crippen molar-refractivity contribution in [2.75, 3.05) is 18.5 Å². The Morgan fingerprint density at radius 3 is 2.42 bits per heavy atom. The van der Waals surface area contributed by atoms with Crippen LogP contribution in [0.5, 0.6) is 0 Å². The number of Topliss-reactive ketones (excluding diaryl/α,β-unsaturated/α-hetero) is 1. The minimum absolute atomic E-state index is 0.0478. The maximum absolute atomic E-state index is 14.1. The average molecular weight is 427 g/mol. The Morgan fingerprint density at radius 2 is 1.84 bits per heavy atom. The highest BCUT2D eigenvalue weighted by Crippen LogP contribution is 2.16. The van der Waals surface area contributed by atoms with Crippen molar-refractivity contribution in [1.29, 1.82) is 0 Å². The number of amides is 4. The Kier molecular flexibility index (Phi) is 6.39. The first-order valence-electron chi connectivity index (χ1n) is 9.19. The molecule has 0 spiro atoms. The van der Waals surface area contributed by atoms with Gasteiger partial charge < -0.3 is 15.4 Å². The van der Waals surface area contributed by atoms with Gasteiger partial charge in [-0.25, -0.2) is 14.0 Å². The number of rotatable bonds is 7. The van der Waals surface area contributed by atoms with Crippen LogP contribution in [-0.4, -0.2) is 47.6 Å². The van der Waals surface area contributed by atoms with E-state index in [-0.39, 0.29) is 41.7 Å². The summed E-state index contributed by atoms with van der Waals surface area (Å²) in [6, 6.07) is 9.05. The molecule has 160 valence electrons. The number of anilines is 1. The number of urea groups is 1. The normalized spacial score (nSPS) is 13.0. The Hall–Kier alpha value is -4.08. The lowest BCUT2D eigenvalue weighted by molar-refractivity contribution is -0.125. The van der Waals surface area contributed by atoms with Crippen LogP contribution in [0.3, 0.4) is 0 Å². The molecule has 1 aliphatic rings. The molecular formula is C21H18FN3O6. The van der Waals surface area contributed by atoms with Gasteiger partial charge in [-0.05, 0) is 35.9 Å². The highest BCUT2D eigenvalue weighted by Gasteiger charge is 2.28. The molecule has 0 radical (unpaired) electrons. The van der Waals surface area contributed by atoms with E-state index in [0.29, 0.717) is 5.56 Å². The molecule has 0 aromatic heterocycles. The Bertz CT molecular complexity index is 1050. The molecule has 2 aromatic carbocycles. The lowest BCUT2D eigenvalue weighted by Crippen LogP contribution is -2.30. The maximum atomic E-state index is 14.1. The van der Waals surface area contributed by atoms with Crippen molar-refractivity contribution >= 4 is 35.3 Å². The van der Waals surface area contributed by atoms with Crippen LogP contribution in [0, 0.1) is 5.82 Å². The van der Waals surface area contributed by atoms with Gasteiger partial charge in [0.2, 0.25) is 17.6 Å². The first-order chi connectivity index (χ1) is 14.7. The number of esters is 1. The van der Waals surface area contributed by atoms with E-state index in [0.717, 1.165) is 11.0 Å². The van der Waals surface area contributed by atoms with Crippen molar-refractivity contribution in [2.45, 2.75) is 13.5 Å². The van der Waals surface area contributed by atoms with Crippen LogP contribution < -0.4 is 10.6 Å². The first kappa shape index (κ1) is 21.6. The number of hydrogen-bond donors (Lipinski definition) is 2. The van der Waals surface area contributed by atoms with Gasteiger partial charge >= 0.3 is 12.0 Å². The van der Waals surface area contributed by atoms with Gasteiger partial charge in [0.15, 0.2) is 6.61 Å². The van der Waals surface area contributed by atoms with Gasteiger partial charge in [-0.1, -0.05) is 12.1 Å². The molecule has 31 heavy (non-hydrogen) atoms. The molecule has 0 aliphatic carbocycles. The van der Waals surface area contributed by atoms with E-state index in [1.54, 1.807) is 12.1 Å². The fourth-order valence-electron chi connectivity index (χ4n) is 2.86. The number of nitrogens with zero attached hydrogens (tertiary/aromatic N) is 1. The zero-order valence-electron chi connectivity index (χ0n) is 16.4. The van der Waals surface area contributed by atoms with E-state index in [1.807, 2.05) is 0 Å². The summed E-state index contributed by atoms with van der Waals surface area (Å²) in [7, 11) is 0. The molecule has 1 heterocycles. The largest absolute Gasteiger partial charge is 0.454 e. The van der Waals surface area contributed by atoms with Crippen LogP contribution in [0.15, 0.2) is 42.5 Å². The third kappa shape index (κ3) is 5.30. The average Bonchev–Trinajstić information content (AvgIpc) is 3.04. The Labute approximate surface area is 176 Å². The van der Waals surface area contributed by atoms with E-state index in [9.17, 15) is 28.4 Å². The number of hydrogen-bond acceptors (Lipinski definition) is 6. The van der Waals surface area contributed by atoms with Crippen LogP contribution in [0.4, 0.5) is 14.9 Å². The number of ketones is 1. The summed E-state index contributed by atoms with van der Waals surface area (Å²) in [4.78, 5) is 59.5. The zero-order chi connectivity index (χ0) is 22.5. The monoisotopic (exact) mass is 427 g/mol. The van der Waals surface area contributed by atoms with Crippen molar-refractivity contribution in [3.63, 3.8) is 0 Å². The molecule has 10 heteroatoms.